The van der Waals surface area contributed by atoms with Crippen molar-refractivity contribution < 1.29 is 9.53 Å². The summed E-state index contributed by atoms with van der Waals surface area (Å²) in [6.45, 7) is 4.49. The van der Waals surface area contributed by atoms with Crippen molar-refractivity contribution in [1.29, 1.82) is 0 Å². The van der Waals surface area contributed by atoms with E-state index in [1.54, 1.807) is 6.07 Å². The van der Waals surface area contributed by atoms with Gasteiger partial charge in [-0.25, -0.2) is 4.98 Å². The highest BCUT2D eigenvalue weighted by molar-refractivity contribution is 6.30. The van der Waals surface area contributed by atoms with Gasteiger partial charge in [0, 0.05) is 11.1 Å². The fourth-order valence-electron chi connectivity index (χ4n) is 2.53. The highest BCUT2D eigenvalue weighted by Crippen LogP contribution is 2.22. The van der Waals surface area contributed by atoms with Crippen LogP contribution in [0.2, 0.25) is 5.15 Å². The molecule has 1 amide bonds. The Hall–Kier alpha value is -2.43. The number of carbonyl (C=O) groups excluding carboxylic acids is 1. The fraction of sp³-hybridized carbons (Fsp3) is 0.200. The molecule has 1 aromatic heterocycles. The van der Waals surface area contributed by atoms with Crippen molar-refractivity contribution in [1.82, 2.24) is 4.98 Å². The fourth-order valence-corrected chi connectivity index (χ4v) is 2.73. The number of fused-ring (bicyclic) bond motifs is 1. The second-order valence-electron chi connectivity index (χ2n) is 6.02. The minimum atomic E-state index is -0.220. The summed E-state index contributed by atoms with van der Waals surface area (Å²) in [5.74, 6) is -0.220. The molecule has 4 nitrogen and oxygen atoms in total. The van der Waals surface area contributed by atoms with E-state index in [1.165, 1.54) is 0 Å². The van der Waals surface area contributed by atoms with Crippen LogP contribution in [-0.2, 0) is 11.3 Å². The van der Waals surface area contributed by atoms with Crippen LogP contribution >= 0.6 is 11.6 Å². The van der Waals surface area contributed by atoms with Crippen molar-refractivity contribution in [2.75, 3.05) is 5.32 Å². The Kier molecular flexibility index (Phi) is 5.31. The number of halogens is 1. The summed E-state index contributed by atoms with van der Waals surface area (Å²) in [4.78, 5) is 17.0. The van der Waals surface area contributed by atoms with Gasteiger partial charge in [-0.2, -0.15) is 0 Å². The molecule has 0 atom stereocenters. The van der Waals surface area contributed by atoms with Crippen LogP contribution in [0.3, 0.4) is 0 Å². The largest absolute Gasteiger partial charge is 0.374 e. The number of amides is 1. The van der Waals surface area contributed by atoms with Crippen molar-refractivity contribution in [3.63, 3.8) is 0 Å². The van der Waals surface area contributed by atoms with E-state index in [9.17, 15) is 4.79 Å². The lowest BCUT2D eigenvalue weighted by Crippen LogP contribution is -2.13. The Balaban J connectivity index is 1.84. The number of rotatable bonds is 5. The molecule has 2 aromatic carbocycles. The molecule has 3 aromatic rings. The van der Waals surface area contributed by atoms with Crippen molar-refractivity contribution >= 4 is 34.1 Å². The summed E-state index contributed by atoms with van der Waals surface area (Å²) in [5.41, 5.74) is 2.91. The van der Waals surface area contributed by atoms with Gasteiger partial charge >= 0.3 is 0 Å². The Bertz CT molecular complexity index is 909. The number of ether oxygens (including phenoxy) is 1. The number of benzene rings is 2. The average molecular weight is 355 g/mol. The van der Waals surface area contributed by atoms with E-state index in [4.69, 9.17) is 16.3 Å². The molecule has 128 valence electrons. The molecule has 1 N–H and O–H groups in total. The van der Waals surface area contributed by atoms with Gasteiger partial charge < -0.3 is 10.1 Å². The minimum Gasteiger partial charge on any atom is -0.374 e. The molecule has 0 bridgehead atoms. The van der Waals surface area contributed by atoms with E-state index in [2.05, 4.69) is 10.3 Å². The van der Waals surface area contributed by atoms with E-state index in [1.807, 2.05) is 62.4 Å². The second-order valence-corrected chi connectivity index (χ2v) is 6.41. The van der Waals surface area contributed by atoms with Crippen molar-refractivity contribution in [2.24, 2.45) is 0 Å². The minimum absolute atomic E-state index is 0.156. The Morgan fingerprint density at radius 1 is 1.16 bits per heavy atom. The first-order chi connectivity index (χ1) is 12.0. The number of pyridine rings is 1. The van der Waals surface area contributed by atoms with Gasteiger partial charge in [-0.3, -0.25) is 4.79 Å². The normalized spacial score (nSPS) is 11.0. The lowest BCUT2D eigenvalue weighted by atomic mass is 10.1. The monoisotopic (exact) mass is 354 g/mol. The number of nitrogens with zero attached hydrogens (tertiary/aromatic N) is 1. The zero-order valence-corrected chi connectivity index (χ0v) is 14.9. The molecule has 0 radical (unpaired) electrons. The lowest BCUT2D eigenvalue weighted by molar-refractivity contribution is 0.0657. The summed E-state index contributed by atoms with van der Waals surface area (Å²) >= 11 is 6.06. The van der Waals surface area contributed by atoms with Gasteiger partial charge in [0.25, 0.3) is 5.91 Å². The summed E-state index contributed by atoms with van der Waals surface area (Å²) < 4.78 is 5.61. The Morgan fingerprint density at radius 2 is 1.96 bits per heavy atom. The summed E-state index contributed by atoms with van der Waals surface area (Å²) in [7, 11) is 0. The molecule has 3 rings (SSSR count). The molecule has 0 saturated carbocycles. The molecule has 0 unspecified atom stereocenters. The van der Waals surface area contributed by atoms with Crippen LogP contribution in [0.25, 0.3) is 10.9 Å². The molecular weight excluding hydrogens is 336 g/mol. The van der Waals surface area contributed by atoms with E-state index < -0.39 is 0 Å². The zero-order valence-electron chi connectivity index (χ0n) is 14.1. The molecule has 0 saturated heterocycles. The van der Waals surface area contributed by atoms with Gasteiger partial charge in [0.05, 0.1) is 23.8 Å². The molecule has 0 aliphatic carbocycles. The summed E-state index contributed by atoms with van der Waals surface area (Å²) in [6, 6.07) is 16.6. The van der Waals surface area contributed by atoms with E-state index >= 15 is 0 Å². The lowest BCUT2D eigenvalue weighted by Gasteiger charge is -2.11. The molecule has 0 fully saturated rings. The number of nitrogens with one attached hydrogen (secondary N) is 1. The molecule has 0 aliphatic rings. The van der Waals surface area contributed by atoms with Gasteiger partial charge in [-0.05, 0) is 43.7 Å². The van der Waals surface area contributed by atoms with E-state index in [0.29, 0.717) is 28.5 Å². The Labute approximate surface area is 151 Å². The third-order valence-electron chi connectivity index (χ3n) is 3.70. The van der Waals surface area contributed by atoms with Crippen molar-refractivity contribution in [2.45, 2.75) is 26.6 Å². The quantitative estimate of drug-likeness (QED) is 0.651. The predicted octanol–water partition coefficient (Wildman–Crippen LogP) is 5.07. The zero-order chi connectivity index (χ0) is 17.8. The maximum Gasteiger partial charge on any atom is 0.256 e. The number of anilines is 1. The highest BCUT2D eigenvalue weighted by Gasteiger charge is 2.13. The van der Waals surface area contributed by atoms with Crippen LogP contribution in [0.15, 0.2) is 54.6 Å². The van der Waals surface area contributed by atoms with Crippen LogP contribution in [0.4, 0.5) is 5.69 Å². The number of hydrogen-bond donors (Lipinski definition) is 1. The first kappa shape index (κ1) is 17.4. The SMILES string of the molecule is CC(C)OCc1cccc(NC(=O)c2cc(Cl)nc3ccccc23)c1. The van der Waals surface area contributed by atoms with Crippen molar-refractivity contribution in [3.8, 4) is 0 Å². The smallest absolute Gasteiger partial charge is 0.256 e. The maximum atomic E-state index is 12.7. The third-order valence-corrected chi connectivity index (χ3v) is 3.89. The first-order valence-corrected chi connectivity index (χ1v) is 8.48. The number of aromatic nitrogens is 1. The van der Waals surface area contributed by atoms with Gasteiger partial charge in [0.2, 0.25) is 0 Å². The average Bonchev–Trinajstić information content (AvgIpc) is 2.59. The molecule has 25 heavy (non-hydrogen) atoms. The number of para-hydroxylation sites is 1. The molecule has 1 heterocycles. The molecule has 0 aliphatic heterocycles. The Morgan fingerprint density at radius 3 is 2.76 bits per heavy atom. The van der Waals surface area contributed by atoms with Crippen molar-refractivity contribution in [3.05, 3.63) is 70.9 Å². The van der Waals surface area contributed by atoms with Gasteiger partial charge in [0.1, 0.15) is 5.15 Å². The highest BCUT2D eigenvalue weighted by atomic mass is 35.5. The first-order valence-electron chi connectivity index (χ1n) is 8.10. The van der Waals surface area contributed by atoms with Crippen LogP contribution < -0.4 is 5.32 Å². The van der Waals surface area contributed by atoms with E-state index in [0.717, 1.165) is 10.9 Å². The molecular formula is C20H19ClN2O2. The topological polar surface area (TPSA) is 51.2 Å². The van der Waals surface area contributed by atoms with Crippen LogP contribution in [0, 0.1) is 0 Å². The standard InChI is InChI=1S/C20H19ClN2O2/c1-13(2)25-12-14-6-5-7-15(10-14)22-20(24)17-11-19(21)23-18-9-4-3-8-16(17)18/h3-11,13H,12H2,1-2H3,(H,22,24). The number of hydrogen-bond acceptors (Lipinski definition) is 3. The van der Waals surface area contributed by atoms with Gasteiger partial charge in [-0.1, -0.05) is 41.9 Å². The van der Waals surface area contributed by atoms with Gasteiger partial charge in [0.15, 0.2) is 0 Å². The van der Waals surface area contributed by atoms with Crippen LogP contribution in [-0.4, -0.2) is 17.0 Å². The summed E-state index contributed by atoms with van der Waals surface area (Å²) in [6.07, 6.45) is 0.156. The number of carbonyl (C=O) groups is 1. The maximum absolute atomic E-state index is 12.7. The second kappa shape index (κ2) is 7.64. The predicted molar refractivity (Wildman–Crippen MR) is 101 cm³/mol. The van der Waals surface area contributed by atoms with Gasteiger partial charge in [-0.15, -0.1) is 0 Å². The summed E-state index contributed by atoms with van der Waals surface area (Å²) in [5, 5.41) is 3.99. The molecule has 5 heteroatoms. The van der Waals surface area contributed by atoms with Crippen LogP contribution in [0.1, 0.15) is 29.8 Å². The third kappa shape index (κ3) is 4.35. The van der Waals surface area contributed by atoms with Crippen LogP contribution in [0.5, 0.6) is 0 Å². The van der Waals surface area contributed by atoms with E-state index in [-0.39, 0.29) is 12.0 Å². The molecule has 0 spiro atoms.